The maximum atomic E-state index is 11.1. The van der Waals surface area contributed by atoms with Gasteiger partial charge in [-0.15, -0.1) is 0 Å². The number of rotatable bonds is 3. The normalized spacial score (nSPS) is 19.6. The first-order chi connectivity index (χ1) is 10.5. The van der Waals surface area contributed by atoms with E-state index in [4.69, 9.17) is 0 Å². The number of benzene rings is 2. The van der Waals surface area contributed by atoms with Crippen molar-refractivity contribution in [1.29, 1.82) is 0 Å². The first-order valence-electron chi connectivity index (χ1n) is 7.92. The zero-order valence-electron chi connectivity index (χ0n) is 13.5. The molecule has 114 valence electrons. The van der Waals surface area contributed by atoms with E-state index in [0.717, 1.165) is 24.8 Å². The highest BCUT2D eigenvalue weighted by atomic mass is 16.1. The lowest BCUT2D eigenvalue weighted by atomic mass is 9.79. The molecular weight excluding hydrogens is 270 g/mol. The van der Waals surface area contributed by atoms with Crippen molar-refractivity contribution < 1.29 is 4.79 Å². The van der Waals surface area contributed by atoms with Gasteiger partial charge in [0, 0.05) is 23.3 Å². The summed E-state index contributed by atoms with van der Waals surface area (Å²) in [6.45, 7) is 7.77. The standard InChI is InChI=1S/C20H23NO/c1-15-12-20(2,3)21(13-16-7-5-4-6-8-16)19-10-9-17(14-22)11-18(15)19/h4-11,14-15H,12-13H2,1-3H3/t15-/m0/s1. The van der Waals surface area contributed by atoms with Crippen LogP contribution in [0.25, 0.3) is 0 Å². The number of carbonyl (C=O) groups excluding carboxylic acids is 1. The van der Waals surface area contributed by atoms with E-state index in [1.54, 1.807) is 0 Å². The van der Waals surface area contributed by atoms with Crippen LogP contribution in [-0.2, 0) is 6.54 Å². The number of nitrogens with zero attached hydrogens (tertiary/aromatic N) is 1. The average molecular weight is 293 g/mol. The summed E-state index contributed by atoms with van der Waals surface area (Å²) in [5.41, 5.74) is 4.74. The summed E-state index contributed by atoms with van der Waals surface area (Å²) in [5, 5.41) is 0. The van der Waals surface area contributed by atoms with E-state index in [1.807, 2.05) is 6.07 Å². The topological polar surface area (TPSA) is 20.3 Å². The smallest absolute Gasteiger partial charge is 0.150 e. The van der Waals surface area contributed by atoms with Crippen molar-refractivity contribution in [2.45, 2.75) is 45.2 Å². The molecular formula is C20H23NO. The Kier molecular flexibility index (Phi) is 3.78. The van der Waals surface area contributed by atoms with E-state index in [1.165, 1.54) is 16.8 Å². The Bertz CT molecular complexity index is 675. The van der Waals surface area contributed by atoms with Crippen LogP contribution in [0.5, 0.6) is 0 Å². The lowest BCUT2D eigenvalue weighted by Gasteiger charge is -2.47. The van der Waals surface area contributed by atoms with Crippen molar-refractivity contribution in [3.05, 3.63) is 65.2 Å². The maximum absolute atomic E-state index is 11.1. The molecule has 3 rings (SSSR count). The molecule has 22 heavy (non-hydrogen) atoms. The summed E-state index contributed by atoms with van der Waals surface area (Å²) < 4.78 is 0. The van der Waals surface area contributed by atoms with Crippen LogP contribution < -0.4 is 4.90 Å². The van der Waals surface area contributed by atoms with Gasteiger partial charge in [0.2, 0.25) is 0 Å². The summed E-state index contributed by atoms with van der Waals surface area (Å²) in [6.07, 6.45) is 2.03. The first kappa shape index (κ1) is 14.8. The molecule has 1 atom stereocenters. The van der Waals surface area contributed by atoms with Gasteiger partial charge in [0.15, 0.2) is 0 Å². The SMILES string of the molecule is C[C@H]1CC(C)(C)N(Cc2ccccc2)c2ccc(C=O)cc21. The molecule has 1 heterocycles. The van der Waals surface area contributed by atoms with Crippen LogP contribution in [0, 0.1) is 0 Å². The lowest BCUT2D eigenvalue weighted by Crippen LogP contribution is -2.47. The largest absolute Gasteiger partial charge is 0.362 e. The Morgan fingerprint density at radius 2 is 1.91 bits per heavy atom. The van der Waals surface area contributed by atoms with Crippen molar-refractivity contribution in [2.24, 2.45) is 0 Å². The Balaban J connectivity index is 2.04. The van der Waals surface area contributed by atoms with Crippen molar-refractivity contribution in [3.8, 4) is 0 Å². The molecule has 2 nitrogen and oxygen atoms in total. The second-order valence-corrected chi connectivity index (χ2v) is 6.93. The molecule has 2 aromatic rings. The van der Waals surface area contributed by atoms with Crippen molar-refractivity contribution in [1.82, 2.24) is 0 Å². The van der Waals surface area contributed by atoms with Gasteiger partial charge >= 0.3 is 0 Å². The number of fused-ring (bicyclic) bond motifs is 1. The van der Waals surface area contributed by atoms with Crippen LogP contribution in [0.2, 0.25) is 0 Å². The number of aldehydes is 1. The fourth-order valence-electron chi connectivity index (χ4n) is 3.65. The molecule has 2 heteroatoms. The Morgan fingerprint density at radius 3 is 2.59 bits per heavy atom. The predicted molar refractivity (Wildman–Crippen MR) is 91.6 cm³/mol. The molecule has 0 radical (unpaired) electrons. The fraction of sp³-hybridized carbons (Fsp3) is 0.350. The number of anilines is 1. The van der Waals surface area contributed by atoms with E-state index in [9.17, 15) is 4.79 Å². The zero-order valence-corrected chi connectivity index (χ0v) is 13.5. The summed E-state index contributed by atoms with van der Waals surface area (Å²) in [5.74, 6) is 0.469. The number of carbonyl (C=O) groups is 1. The molecule has 0 saturated carbocycles. The molecule has 0 unspecified atom stereocenters. The van der Waals surface area contributed by atoms with Crippen LogP contribution in [0.3, 0.4) is 0 Å². The molecule has 1 aliphatic heterocycles. The monoisotopic (exact) mass is 293 g/mol. The van der Waals surface area contributed by atoms with Crippen LogP contribution in [0.1, 0.15) is 54.6 Å². The molecule has 0 fully saturated rings. The van der Waals surface area contributed by atoms with Crippen LogP contribution in [-0.4, -0.2) is 11.8 Å². The predicted octanol–water partition coefficient (Wildman–Crippen LogP) is 4.79. The summed E-state index contributed by atoms with van der Waals surface area (Å²) in [4.78, 5) is 13.6. The molecule has 0 bridgehead atoms. The molecule has 1 aliphatic rings. The fourth-order valence-corrected chi connectivity index (χ4v) is 3.65. The zero-order chi connectivity index (χ0) is 15.7. The third kappa shape index (κ3) is 2.66. The summed E-state index contributed by atoms with van der Waals surface area (Å²) in [6, 6.07) is 16.7. The number of hydrogen-bond acceptors (Lipinski definition) is 2. The van der Waals surface area contributed by atoms with E-state index in [-0.39, 0.29) is 5.54 Å². The minimum Gasteiger partial charge on any atom is -0.362 e. The molecule has 0 saturated heterocycles. The minimum absolute atomic E-state index is 0.102. The van der Waals surface area contributed by atoms with Gasteiger partial charge in [-0.3, -0.25) is 4.79 Å². The van der Waals surface area contributed by atoms with Gasteiger partial charge in [-0.25, -0.2) is 0 Å². The summed E-state index contributed by atoms with van der Waals surface area (Å²) in [7, 11) is 0. The Labute approximate surface area is 132 Å². The van der Waals surface area contributed by atoms with E-state index >= 15 is 0 Å². The Morgan fingerprint density at radius 1 is 1.18 bits per heavy atom. The highest BCUT2D eigenvalue weighted by molar-refractivity contribution is 5.77. The van der Waals surface area contributed by atoms with Gasteiger partial charge in [-0.1, -0.05) is 37.3 Å². The highest BCUT2D eigenvalue weighted by Crippen LogP contribution is 2.44. The van der Waals surface area contributed by atoms with Crippen molar-refractivity contribution in [3.63, 3.8) is 0 Å². The van der Waals surface area contributed by atoms with Gasteiger partial charge in [0.05, 0.1) is 0 Å². The molecule has 2 aromatic carbocycles. The van der Waals surface area contributed by atoms with Gasteiger partial charge < -0.3 is 4.90 Å². The van der Waals surface area contributed by atoms with Crippen LogP contribution in [0.4, 0.5) is 5.69 Å². The molecule has 0 aliphatic carbocycles. The van der Waals surface area contributed by atoms with Crippen molar-refractivity contribution >= 4 is 12.0 Å². The second kappa shape index (κ2) is 5.60. The third-order valence-electron chi connectivity index (χ3n) is 4.73. The number of hydrogen-bond donors (Lipinski definition) is 0. The van der Waals surface area contributed by atoms with Gasteiger partial charge in [-0.2, -0.15) is 0 Å². The molecule has 0 N–H and O–H groups in total. The molecule has 0 amide bonds. The van der Waals surface area contributed by atoms with Gasteiger partial charge in [0.25, 0.3) is 0 Å². The third-order valence-corrected chi connectivity index (χ3v) is 4.73. The first-order valence-corrected chi connectivity index (χ1v) is 7.92. The molecule has 0 spiro atoms. The Hall–Kier alpha value is -2.09. The van der Waals surface area contributed by atoms with Crippen LogP contribution in [0.15, 0.2) is 48.5 Å². The van der Waals surface area contributed by atoms with Gasteiger partial charge in [-0.05, 0) is 55.5 Å². The highest BCUT2D eigenvalue weighted by Gasteiger charge is 2.36. The summed E-state index contributed by atoms with van der Waals surface area (Å²) >= 11 is 0. The van der Waals surface area contributed by atoms with E-state index in [2.05, 4.69) is 68.1 Å². The van der Waals surface area contributed by atoms with E-state index in [0.29, 0.717) is 5.92 Å². The second-order valence-electron chi connectivity index (χ2n) is 6.93. The molecule has 0 aromatic heterocycles. The van der Waals surface area contributed by atoms with Crippen LogP contribution >= 0.6 is 0 Å². The minimum atomic E-state index is 0.102. The van der Waals surface area contributed by atoms with E-state index < -0.39 is 0 Å². The van der Waals surface area contributed by atoms with Crippen molar-refractivity contribution in [2.75, 3.05) is 4.90 Å². The quantitative estimate of drug-likeness (QED) is 0.758. The van der Waals surface area contributed by atoms with Gasteiger partial charge in [0.1, 0.15) is 6.29 Å². The average Bonchev–Trinajstić information content (AvgIpc) is 2.51. The lowest BCUT2D eigenvalue weighted by molar-refractivity contribution is 0.112. The maximum Gasteiger partial charge on any atom is 0.150 e.